The van der Waals surface area contributed by atoms with E-state index >= 15 is 0 Å². The Hall–Kier alpha value is -2.44. The van der Waals surface area contributed by atoms with Crippen LogP contribution in [0.4, 0.5) is 0 Å². The van der Waals surface area contributed by atoms with E-state index in [0.29, 0.717) is 17.9 Å². The zero-order chi connectivity index (χ0) is 19.2. The van der Waals surface area contributed by atoms with Crippen molar-refractivity contribution in [1.29, 1.82) is 0 Å². The molecule has 6 nitrogen and oxygen atoms in total. The van der Waals surface area contributed by atoms with Gasteiger partial charge in [-0.3, -0.25) is 20.4 Å². The Bertz CT molecular complexity index is 802. The molecule has 0 aliphatic heterocycles. The summed E-state index contributed by atoms with van der Waals surface area (Å²) in [5.74, 6) is -0.669. The quantitative estimate of drug-likeness (QED) is 0.607. The molecule has 1 aliphatic carbocycles. The van der Waals surface area contributed by atoms with Crippen LogP contribution < -0.4 is 16.6 Å². The monoisotopic (exact) mass is 369 g/mol. The number of aliphatic hydroxyl groups excluding tert-OH is 1. The zero-order valence-electron chi connectivity index (χ0n) is 15.4. The maximum absolute atomic E-state index is 12.3. The first-order valence-corrected chi connectivity index (χ1v) is 9.57. The van der Waals surface area contributed by atoms with Gasteiger partial charge in [0, 0.05) is 11.6 Å². The van der Waals surface area contributed by atoms with Gasteiger partial charge >= 0.3 is 0 Å². The van der Waals surface area contributed by atoms with Crippen molar-refractivity contribution in [2.24, 2.45) is 11.7 Å². The third kappa shape index (κ3) is 5.05. The van der Waals surface area contributed by atoms with E-state index in [1.165, 1.54) is 19.3 Å². The van der Waals surface area contributed by atoms with Crippen LogP contribution in [0, 0.1) is 5.92 Å². The Kier molecular flexibility index (Phi) is 6.42. The molecule has 6 heteroatoms. The molecular formula is C21H27N3O3. The Morgan fingerprint density at radius 1 is 1.04 bits per heavy atom. The van der Waals surface area contributed by atoms with E-state index in [0.717, 1.165) is 23.6 Å². The molecule has 0 unspecified atom stereocenters. The highest BCUT2D eigenvalue weighted by Crippen LogP contribution is 2.27. The summed E-state index contributed by atoms with van der Waals surface area (Å²) in [6, 6.07) is 12.4. The minimum atomic E-state index is -1.34. The van der Waals surface area contributed by atoms with Crippen LogP contribution in [0.3, 0.4) is 0 Å². The van der Waals surface area contributed by atoms with Crippen molar-refractivity contribution in [2.45, 2.75) is 50.7 Å². The molecule has 1 saturated carbocycles. The van der Waals surface area contributed by atoms with Crippen LogP contribution in [0.25, 0.3) is 10.8 Å². The van der Waals surface area contributed by atoms with E-state index in [1.54, 1.807) is 12.1 Å². The van der Waals surface area contributed by atoms with Crippen LogP contribution in [-0.2, 0) is 4.79 Å². The third-order valence-electron chi connectivity index (χ3n) is 5.32. The first kappa shape index (κ1) is 19.3. The Labute approximate surface area is 159 Å². The molecule has 2 amide bonds. The number of aliphatic hydroxyl groups is 1. The van der Waals surface area contributed by atoms with Gasteiger partial charge in [0.2, 0.25) is 0 Å². The maximum Gasteiger partial charge on any atom is 0.269 e. The largest absolute Gasteiger partial charge is 0.382 e. The second kappa shape index (κ2) is 8.97. The van der Waals surface area contributed by atoms with Gasteiger partial charge in [-0.05, 0) is 35.2 Å². The fraction of sp³-hybridized carbons (Fsp3) is 0.429. The molecular weight excluding hydrogens is 342 g/mol. The highest BCUT2D eigenvalue weighted by Gasteiger charge is 2.26. The molecule has 2 aromatic carbocycles. The third-order valence-corrected chi connectivity index (χ3v) is 5.32. The predicted molar refractivity (Wildman–Crippen MR) is 105 cm³/mol. The molecule has 5 N–H and O–H groups in total. The van der Waals surface area contributed by atoms with Gasteiger partial charge in [-0.15, -0.1) is 0 Å². The molecule has 2 aromatic rings. The number of benzene rings is 2. The van der Waals surface area contributed by atoms with Gasteiger partial charge < -0.3 is 10.8 Å². The Morgan fingerprint density at radius 2 is 1.74 bits per heavy atom. The van der Waals surface area contributed by atoms with Gasteiger partial charge in [-0.25, -0.2) is 0 Å². The number of amides is 2. The standard InChI is InChI=1S/C21H27N3O3/c22-18(12-14-6-2-1-3-7-14)19(25)21(27)24-23-20(26)17-11-10-15-8-4-5-9-16(15)13-17/h4-5,8-11,13-14,18-19,25H,1-3,6-7,12,22H2,(H,23,26)(H,24,27)/t18-,19+/m1/s1. The van der Waals surface area contributed by atoms with E-state index in [-0.39, 0.29) is 0 Å². The molecule has 0 bridgehead atoms. The minimum absolute atomic E-state index is 0.426. The van der Waals surface area contributed by atoms with Gasteiger partial charge in [0.25, 0.3) is 11.8 Å². The van der Waals surface area contributed by atoms with Crippen molar-refractivity contribution in [2.75, 3.05) is 0 Å². The normalized spacial score (nSPS) is 17.3. The van der Waals surface area contributed by atoms with Crippen molar-refractivity contribution in [3.63, 3.8) is 0 Å². The summed E-state index contributed by atoms with van der Waals surface area (Å²) in [7, 11) is 0. The van der Waals surface area contributed by atoms with E-state index in [1.807, 2.05) is 30.3 Å². The second-order valence-electron chi connectivity index (χ2n) is 7.35. The molecule has 1 fully saturated rings. The second-order valence-corrected chi connectivity index (χ2v) is 7.35. The first-order valence-electron chi connectivity index (χ1n) is 9.57. The average Bonchev–Trinajstić information content (AvgIpc) is 2.71. The number of nitrogens with two attached hydrogens (primary N) is 1. The van der Waals surface area contributed by atoms with Gasteiger partial charge in [0.15, 0.2) is 0 Å². The van der Waals surface area contributed by atoms with Crippen molar-refractivity contribution in [1.82, 2.24) is 10.9 Å². The van der Waals surface area contributed by atoms with E-state index in [9.17, 15) is 14.7 Å². The van der Waals surface area contributed by atoms with E-state index in [4.69, 9.17) is 5.73 Å². The van der Waals surface area contributed by atoms with Crippen LogP contribution in [0.5, 0.6) is 0 Å². The number of hydrogen-bond acceptors (Lipinski definition) is 4. The lowest BCUT2D eigenvalue weighted by atomic mass is 9.84. The molecule has 1 aliphatic rings. The predicted octanol–water partition coefficient (Wildman–Crippen LogP) is 2.26. The summed E-state index contributed by atoms with van der Waals surface area (Å²) < 4.78 is 0. The lowest BCUT2D eigenvalue weighted by Gasteiger charge is -2.26. The minimum Gasteiger partial charge on any atom is -0.382 e. The number of nitrogens with one attached hydrogen (secondary N) is 2. The molecule has 0 aromatic heterocycles. The Morgan fingerprint density at radius 3 is 2.48 bits per heavy atom. The molecule has 2 atom stereocenters. The number of fused-ring (bicyclic) bond motifs is 1. The van der Waals surface area contributed by atoms with Crippen molar-refractivity contribution < 1.29 is 14.7 Å². The number of hydrazine groups is 1. The van der Waals surface area contributed by atoms with E-state index < -0.39 is 24.0 Å². The molecule has 0 spiro atoms. The lowest BCUT2D eigenvalue weighted by Crippen LogP contribution is -2.52. The van der Waals surface area contributed by atoms with Gasteiger partial charge in [-0.1, -0.05) is 62.4 Å². The van der Waals surface area contributed by atoms with Gasteiger partial charge in [0.05, 0.1) is 0 Å². The zero-order valence-corrected chi connectivity index (χ0v) is 15.4. The van der Waals surface area contributed by atoms with Crippen LogP contribution in [0.2, 0.25) is 0 Å². The van der Waals surface area contributed by atoms with E-state index in [2.05, 4.69) is 10.9 Å². The number of rotatable bonds is 5. The van der Waals surface area contributed by atoms with Crippen LogP contribution in [0.1, 0.15) is 48.9 Å². The molecule has 27 heavy (non-hydrogen) atoms. The lowest BCUT2D eigenvalue weighted by molar-refractivity contribution is -0.131. The summed E-state index contributed by atoms with van der Waals surface area (Å²) in [5, 5.41) is 12.1. The SMILES string of the molecule is N[C@H](CC1CCCCC1)[C@H](O)C(=O)NNC(=O)c1ccc2ccccc2c1. The van der Waals surface area contributed by atoms with Gasteiger partial charge in [0.1, 0.15) is 6.10 Å². The van der Waals surface area contributed by atoms with Crippen molar-refractivity contribution in [3.8, 4) is 0 Å². The fourth-order valence-electron chi connectivity index (χ4n) is 3.73. The number of hydrogen-bond donors (Lipinski definition) is 4. The Balaban J connectivity index is 1.51. The number of carbonyl (C=O) groups is 2. The average molecular weight is 369 g/mol. The highest BCUT2D eigenvalue weighted by atomic mass is 16.3. The summed E-state index contributed by atoms with van der Waals surface area (Å²) >= 11 is 0. The molecule has 0 radical (unpaired) electrons. The number of carbonyl (C=O) groups excluding carboxylic acids is 2. The highest BCUT2D eigenvalue weighted by molar-refractivity contribution is 5.99. The fourth-order valence-corrected chi connectivity index (χ4v) is 3.73. The summed E-state index contributed by atoms with van der Waals surface area (Å²) in [6.45, 7) is 0. The van der Waals surface area contributed by atoms with Gasteiger partial charge in [-0.2, -0.15) is 0 Å². The summed E-state index contributed by atoms with van der Waals surface area (Å²) in [6.07, 6.45) is 5.08. The molecule has 0 heterocycles. The summed E-state index contributed by atoms with van der Waals surface area (Å²) in [5.41, 5.74) is 11.1. The topological polar surface area (TPSA) is 104 Å². The smallest absolute Gasteiger partial charge is 0.269 e. The molecule has 144 valence electrons. The molecule has 3 rings (SSSR count). The maximum atomic E-state index is 12.3. The molecule has 0 saturated heterocycles. The van der Waals surface area contributed by atoms with Crippen LogP contribution >= 0.6 is 0 Å². The van der Waals surface area contributed by atoms with Crippen LogP contribution in [-0.4, -0.2) is 29.1 Å². The summed E-state index contributed by atoms with van der Waals surface area (Å²) in [4.78, 5) is 24.4. The van der Waals surface area contributed by atoms with Crippen molar-refractivity contribution >= 4 is 22.6 Å². The van der Waals surface area contributed by atoms with Crippen LogP contribution in [0.15, 0.2) is 42.5 Å². The van der Waals surface area contributed by atoms with Crippen molar-refractivity contribution in [3.05, 3.63) is 48.0 Å². The first-order chi connectivity index (χ1) is 13.0.